The molecule has 2 aliphatic rings. The summed E-state index contributed by atoms with van der Waals surface area (Å²) in [7, 11) is -3.25. The topological polar surface area (TPSA) is 68.2 Å². The Balaban J connectivity index is 0.00000320. The lowest BCUT2D eigenvalue weighted by Gasteiger charge is -2.37. The molecule has 2 aliphatic heterocycles. The third kappa shape index (κ3) is 7.13. The second-order valence-corrected chi connectivity index (χ2v) is 10.3. The summed E-state index contributed by atoms with van der Waals surface area (Å²) < 4.78 is 39.7. The number of benzene rings is 1. The number of aliphatic imine (C=N–C) groups is 1. The molecule has 2 saturated heterocycles. The van der Waals surface area contributed by atoms with Gasteiger partial charge in [-0.05, 0) is 31.2 Å². The molecule has 0 aliphatic carbocycles. The number of thioether (sulfide) groups is 1. The van der Waals surface area contributed by atoms with Crippen molar-refractivity contribution >= 4 is 57.4 Å². The number of nitrogens with one attached hydrogen (secondary N) is 1. The second-order valence-electron chi connectivity index (χ2n) is 7.01. The lowest BCUT2D eigenvalue weighted by Crippen LogP contribution is -2.52. The summed E-state index contributed by atoms with van der Waals surface area (Å²) in [4.78, 5) is 8.96. The SMILES string of the molecule is CCNC(=NCCS(=O)(=O)N1CCSCC1)N1CCN(c2ccc(F)cc2)CC1.I. The van der Waals surface area contributed by atoms with Crippen LogP contribution >= 0.6 is 35.7 Å². The number of nitrogens with zero attached hydrogens (tertiary/aromatic N) is 4. The normalized spacial score (nSPS) is 18.8. The highest BCUT2D eigenvalue weighted by molar-refractivity contribution is 14.0. The summed E-state index contributed by atoms with van der Waals surface area (Å²) in [5.74, 6) is 2.30. The molecule has 170 valence electrons. The van der Waals surface area contributed by atoms with Gasteiger partial charge in [-0.25, -0.2) is 17.1 Å². The van der Waals surface area contributed by atoms with Crippen molar-refractivity contribution in [1.29, 1.82) is 0 Å². The number of anilines is 1. The minimum atomic E-state index is -3.25. The van der Waals surface area contributed by atoms with Crippen molar-refractivity contribution in [3.8, 4) is 0 Å². The van der Waals surface area contributed by atoms with Gasteiger partial charge in [-0.2, -0.15) is 11.8 Å². The van der Waals surface area contributed by atoms with E-state index in [1.807, 2.05) is 6.92 Å². The summed E-state index contributed by atoms with van der Waals surface area (Å²) in [6.07, 6.45) is 0. The monoisotopic (exact) mass is 571 g/mol. The van der Waals surface area contributed by atoms with E-state index in [-0.39, 0.29) is 42.1 Å². The minimum absolute atomic E-state index is 0. The smallest absolute Gasteiger partial charge is 0.215 e. The van der Waals surface area contributed by atoms with Gasteiger partial charge in [0.1, 0.15) is 5.82 Å². The quantitative estimate of drug-likeness (QED) is 0.320. The predicted octanol–water partition coefficient (Wildman–Crippen LogP) is 1.91. The van der Waals surface area contributed by atoms with E-state index in [4.69, 9.17) is 0 Å². The molecule has 0 atom stereocenters. The average molecular weight is 572 g/mol. The van der Waals surface area contributed by atoms with Crippen LogP contribution in [-0.4, -0.2) is 93.2 Å². The largest absolute Gasteiger partial charge is 0.368 e. The fourth-order valence-electron chi connectivity index (χ4n) is 3.47. The summed E-state index contributed by atoms with van der Waals surface area (Å²) in [6, 6.07) is 6.56. The third-order valence-electron chi connectivity index (χ3n) is 5.08. The van der Waals surface area contributed by atoms with E-state index < -0.39 is 10.0 Å². The fraction of sp³-hybridized carbons (Fsp3) is 0.632. The first-order chi connectivity index (χ1) is 14.0. The number of hydrogen-bond acceptors (Lipinski definition) is 5. The molecular weight excluding hydrogens is 540 g/mol. The van der Waals surface area contributed by atoms with Gasteiger partial charge >= 0.3 is 0 Å². The second kappa shape index (κ2) is 12.3. The van der Waals surface area contributed by atoms with Gasteiger partial charge in [0.2, 0.25) is 10.0 Å². The molecule has 30 heavy (non-hydrogen) atoms. The molecule has 1 N–H and O–H groups in total. The van der Waals surface area contributed by atoms with Gasteiger partial charge in [0.05, 0.1) is 12.3 Å². The van der Waals surface area contributed by atoms with Gasteiger partial charge in [0.25, 0.3) is 0 Å². The van der Waals surface area contributed by atoms with Crippen LogP contribution in [0.1, 0.15) is 6.92 Å². The van der Waals surface area contributed by atoms with E-state index in [0.717, 1.165) is 55.9 Å². The van der Waals surface area contributed by atoms with E-state index in [1.54, 1.807) is 28.2 Å². The first-order valence-corrected chi connectivity index (χ1v) is 12.9. The standard InChI is InChI=1S/C19H30FN5O2S2.HI/c1-2-21-19(22-7-16-29(26,27)25-12-14-28-15-13-25)24-10-8-23(9-11-24)18-5-3-17(20)4-6-18;/h3-6H,2,7-16H2,1H3,(H,21,22);1H. The average Bonchev–Trinajstić information content (AvgIpc) is 2.74. The highest BCUT2D eigenvalue weighted by Crippen LogP contribution is 2.17. The van der Waals surface area contributed by atoms with Crippen LogP contribution in [0.5, 0.6) is 0 Å². The molecule has 0 radical (unpaired) electrons. The van der Waals surface area contributed by atoms with Crippen LogP contribution in [0.3, 0.4) is 0 Å². The molecule has 0 spiro atoms. The molecule has 1 aromatic carbocycles. The van der Waals surface area contributed by atoms with Crippen molar-refractivity contribution in [2.75, 3.05) is 74.5 Å². The zero-order valence-corrected chi connectivity index (χ0v) is 21.3. The fourth-order valence-corrected chi connectivity index (χ4v) is 5.93. The Morgan fingerprint density at radius 2 is 1.73 bits per heavy atom. The molecule has 0 amide bonds. The van der Waals surface area contributed by atoms with E-state index in [9.17, 15) is 12.8 Å². The van der Waals surface area contributed by atoms with E-state index in [2.05, 4.69) is 20.1 Å². The Labute approximate surface area is 200 Å². The highest BCUT2D eigenvalue weighted by atomic mass is 127. The van der Waals surface area contributed by atoms with Crippen LogP contribution in [-0.2, 0) is 10.0 Å². The summed E-state index contributed by atoms with van der Waals surface area (Å²) in [5, 5.41) is 3.28. The molecule has 7 nitrogen and oxygen atoms in total. The van der Waals surface area contributed by atoms with Crippen molar-refractivity contribution in [2.45, 2.75) is 6.92 Å². The van der Waals surface area contributed by atoms with E-state index in [1.165, 1.54) is 12.1 Å². The van der Waals surface area contributed by atoms with E-state index >= 15 is 0 Å². The number of rotatable bonds is 6. The zero-order valence-electron chi connectivity index (χ0n) is 17.3. The van der Waals surface area contributed by atoms with Gasteiger partial charge < -0.3 is 15.1 Å². The van der Waals surface area contributed by atoms with Crippen molar-refractivity contribution in [3.05, 3.63) is 30.1 Å². The van der Waals surface area contributed by atoms with Crippen molar-refractivity contribution < 1.29 is 12.8 Å². The Morgan fingerprint density at radius 3 is 2.33 bits per heavy atom. The van der Waals surface area contributed by atoms with Gasteiger partial charge in [-0.15, -0.1) is 24.0 Å². The van der Waals surface area contributed by atoms with Crippen molar-refractivity contribution in [3.63, 3.8) is 0 Å². The molecular formula is C19H31FIN5O2S2. The summed E-state index contributed by atoms with van der Waals surface area (Å²) in [5.41, 5.74) is 1.01. The third-order valence-corrected chi connectivity index (χ3v) is 7.87. The highest BCUT2D eigenvalue weighted by Gasteiger charge is 2.24. The van der Waals surface area contributed by atoms with Gasteiger partial charge in [0.15, 0.2) is 5.96 Å². The van der Waals surface area contributed by atoms with E-state index in [0.29, 0.717) is 13.1 Å². The maximum atomic E-state index is 13.1. The first-order valence-electron chi connectivity index (χ1n) is 10.1. The van der Waals surface area contributed by atoms with Gasteiger partial charge in [-0.1, -0.05) is 0 Å². The molecule has 11 heteroatoms. The van der Waals surface area contributed by atoms with Gasteiger partial charge in [-0.3, -0.25) is 4.99 Å². The molecule has 2 heterocycles. The molecule has 1 aromatic rings. The Morgan fingerprint density at radius 1 is 1.10 bits per heavy atom. The first kappa shape index (κ1) is 25.5. The molecule has 0 bridgehead atoms. The van der Waals surface area contributed by atoms with Crippen LogP contribution in [0, 0.1) is 5.82 Å². The van der Waals surface area contributed by atoms with Crippen LogP contribution in [0.4, 0.5) is 10.1 Å². The number of sulfonamides is 1. The number of halogens is 2. The van der Waals surface area contributed by atoms with Crippen LogP contribution in [0.25, 0.3) is 0 Å². The Kier molecular flexibility index (Phi) is 10.4. The van der Waals surface area contributed by atoms with Crippen LogP contribution in [0.15, 0.2) is 29.3 Å². The van der Waals surface area contributed by atoms with Gasteiger partial charge in [0, 0.05) is 63.0 Å². The van der Waals surface area contributed by atoms with Crippen LogP contribution in [0.2, 0.25) is 0 Å². The Bertz CT molecular complexity index is 781. The molecule has 0 aromatic heterocycles. The number of hydrogen-bond donors (Lipinski definition) is 1. The predicted molar refractivity (Wildman–Crippen MR) is 134 cm³/mol. The Hall–Kier alpha value is -0.790. The molecule has 3 rings (SSSR count). The molecule has 2 fully saturated rings. The zero-order chi connectivity index (χ0) is 20.7. The summed E-state index contributed by atoms with van der Waals surface area (Å²) >= 11 is 1.80. The minimum Gasteiger partial charge on any atom is -0.368 e. The number of guanidine groups is 1. The van der Waals surface area contributed by atoms with Crippen molar-refractivity contribution in [1.82, 2.24) is 14.5 Å². The van der Waals surface area contributed by atoms with Crippen molar-refractivity contribution in [2.24, 2.45) is 4.99 Å². The maximum absolute atomic E-state index is 13.1. The summed E-state index contributed by atoms with van der Waals surface area (Å²) in [6.45, 7) is 7.36. The number of piperazine rings is 1. The lowest BCUT2D eigenvalue weighted by atomic mass is 10.2. The maximum Gasteiger partial charge on any atom is 0.215 e. The molecule has 0 unspecified atom stereocenters. The molecule has 0 saturated carbocycles. The lowest BCUT2D eigenvalue weighted by molar-refractivity contribution is 0.373. The van der Waals surface area contributed by atoms with Crippen LogP contribution < -0.4 is 10.2 Å².